The van der Waals surface area contributed by atoms with Crippen LogP contribution >= 0.6 is 0 Å². The molecule has 2 atom stereocenters. The molecular formula is C17H26N2O2. The molecule has 1 aromatic rings. The van der Waals surface area contributed by atoms with Crippen LogP contribution in [0.4, 0.5) is 4.79 Å². The molecule has 0 aromatic heterocycles. The predicted octanol–water partition coefficient (Wildman–Crippen LogP) is 2.11. The third-order valence-corrected chi connectivity index (χ3v) is 4.47. The second kappa shape index (κ2) is 7.46. The van der Waals surface area contributed by atoms with Crippen molar-refractivity contribution in [1.82, 2.24) is 10.6 Å². The summed E-state index contributed by atoms with van der Waals surface area (Å²) in [7, 11) is 0. The summed E-state index contributed by atoms with van der Waals surface area (Å²) in [5, 5.41) is 14.8. The molecule has 116 valence electrons. The monoisotopic (exact) mass is 290 g/mol. The summed E-state index contributed by atoms with van der Waals surface area (Å²) in [6.07, 6.45) is 3.25. The Morgan fingerprint density at radius 3 is 2.48 bits per heavy atom. The molecule has 0 spiro atoms. The van der Waals surface area contributed by atoms with Gasteiger partial charge in [0.15, 0.2) is 0 Å². The van der Waals surface area contributed by atoms with Gasteiger partial charge in [0, 0.05) is 19.2 Å². The van der Waals surface area contributed by atoms with Crippen molar-refractivity contribution in [2.45, 2.75) is 39.2 Å². The Hall–Kier alpha value is -1.55. The lowest BCUT2D eigenvalue weighted by Crippen LogP contribution is -2.44. The van der Waals surface area contributed by atoms with Crippen LogP contribution in [0.25, 0.3) is 0 Å². The number of aliphatic hydroxyl groups excluding tert-OH is 1. The van der Waals surface area contributed by atoms with E-state index in [1.165, 1.54) is 11.1 Å². The summed E-state index contributed by atoms with van der Waals surface area (Å²) in [5.74, 6) is 0.705. The highest BCUT2D eigenvalue weighted by Crippen LogP contribution is 2.28. The molecule has 0 heterocycles. The highest BCUT2D eigenvalue weighted by molar-refractivity contribution is 5.74. The first-order valence-corrected chi connectivity index (χ1v) is 7.82. The number of fused-ring (bicyclic) bond motifs is 1. The maximum absolute atomic E-state index is 11.8. The predicted molar refractivity (Wildman–Crippen MR) is 84.2 cm³/mol. The normalized spacial score (nSPS) is 17.1. The lowest BCUT2D eigenvalue weighted by atomic mass is 10.0. The van der Waals surface area contributed by atoms with Crippen LogP contribution in [-0.2, 0) is 12.8 Å². The minimum atomic E-state index is -0.140. The average molecular weight is 290 g/mol. The van der Waals surface area contributed by atoms with Crippen LogP contribution in [0.15, 0.2) is 24.3 Å². The van der Waals surface area contributed by atoms with Crippen LogP contribution in [0.5, 0.6) is 0 Å². The van der Waals surface area contributed by atoms with Crippen LogP contribution < -0.4 is 10.6 Å². The molecule has 0 saturated heterocycles. The molecule has 21 heavy (non-hydrogen) atoms. The minimum Gasteiger partial charge on any atom is -0.396 e. The van der Waals surface area contributed by atoms with Gasteiger partial charge in [-0.2, -0.15) is 0 Å². The van der Waals surface area contributed by atoms with Gasteiger partial charge in [-0.15, -0.1) is 0 Å². The molecular weight excluding hydrogens is 264 g/mol. The molecule has 1 aromatic carbocycles. The highest BCUT2D eigenvalue weighted by atomic mass is 16.3. The van der Waals surface area contributed by atoms with E-state index in [0.29, 0.717) is 12.5 Å². The van der Waals surface area contributed by atoms with Crippen molar-refractivity contribution >= 4 is 6.03 Å². The fourth-order valence-electron chi connectivity index (χ4n) is 2.80. The number of aliphatic hydroxyl groups is 1. The van der Waals surface area contributed by atoms with Gasteiger partial charge in [-0.3, -0.25) is 0 Å². The van der Waals surface area contributed by atoms with Gasteiger partial charge in [0.05, 0.1) is 0 Å². The lowest BCUT2D eigenvalue weighted by Gasteiger charge is -2.19. The summed E-state index contributed by atoms with van der Waals surface area (Å²) < 4.78 is 0. The zero-order valence-electron chi connectivity index (χ0n) is 12.9. The molecule has 1 aliphatic rings. The zero-order valence-corrected chi connectivity index (χ0v) is 12.9. The maximum Gasteiger partial charge on any atom is 0.315 e. The number of rotatable bonds is 6. The van der Waals surface area contributed by atoms with Crippen LogP contribution in [-0.4, -0.2) is 30.3 Å². The first kappa shape index (κ1) is 15.8. The number of benzene rings is 1. The molecule has 0 fully saturated rings. The summed E-state index contributed by atoms with van der Waals surface area (Å²) >= 11 is 0. The Labute approximate surface area is 126 Å². The van der Waals surface area contributed by atoms with Crippen LogP contribution in [0.1, 0.15) is 31.4 Å². The van der Waals surface area contributed by atoms with Crippen molar-refractivity contribution in [2.24, 2.45) is 11.8 Å². The highest BCUT2D eigenvalue weighted by Gasteiger charge is 2.20. The number of urea groups is 1. The smallest absolute Gasteiger partial charge is 0.315 e. The van der Waals surface area contributed by atoms with Crippen LogP contribution in [0, 0.1) is 11.8 Å². The van der Waals surface area contributed by atoms with E-state index >= 15 is 0 Å². The molecule has 4 nitrogen and oxygen atoms in total. The van der Waals surface area contributed by atoms with E-state index in [-0.39, 0.29) is 24.6 Å². The third kappa shape index (κ3) is 4.46. The van der Waals surface area contributed by atoms with Crippen molar-refractivity contribution in [3.05, 3.63) is 35.4 Å². The number of amides is 2. The molecule has 0 unspecified atom stereocenters. The fourth-order valence-corrected chi connectivity index (χ4v) is 2.80. The van der Waals surface area contributed by atoms with E-state index < -0.39 is 0 Å². The van der Waals surface area contributed by atoms with E-state index in [0.717, 1.165) is 19.3 Å². The van der Waals surface area contributed by atoms with Gasteiger partial charge >= 0.3 is 6.03 Å². The summed E-state index contributed by atoms with van der Waals surface area (Å²) in [6.45, 7) is 4.61. The zero-order chi connectivity index (χ0) is 15.2. The standard InChI is InChI=1S/C17H26N2O2/c1-12(11-20)13(2)19-17(21)18-8-7-14-9-15-5-3-4-6-16(15)10-14/h3-6,12-14,20H,7-11H2,1-2H3,(H2,18,19,21)/t12-,13+/m1/s1. The van der Waals surface area contributed by atoms with Crippen molar-refractivity contribution < 1.29 is 9.90 Å². The number of carbonyl (C=O) groups is 1. The minimum absolute atomic E-state index is 0.0225. The summed E-state index contributed by atoms with van der Waals surface area (Å²) in [4.78, 5) is 11.8. The van der Waals surface area contributed by atoms with Gasteiger partial charge in [0.1, 0.15) is 0 Å². The van der Waals surface area contributed by atoms with Crippen molar-refractivity contribution in [1.29, 1.82) is 0 Å². The molecule has 0 radical (unpaired) electrons. The van der Waals surface area contributed by atoms with Crippen molar-refractivity contribution in [3.63, 3.8) is 0 Å². The molecule has 3 N–H and O–H groups in total. The number of hydrogen-bond acceptors (Lipinski definition) is 2. The molecule has 4 heteroatoms. The topological polar surface area (TPSA) is 61.4 Å². The van der Waals surface area contributed by atoms with Gasteiger partial charge < -0.3 is 15.7 Å². The second-order valence-corrected chi connectivity index (χ2v) is 6.18. The SMILES string of the molecule is C[C@H](CO)[C@H](C)NC(=O)NCCC1Cc2ccccc2C1. The van der Waals surface area contributed by atoms with E-state index in [4.69, 9.17) is 5.11 Å². The Morgan fingerprint density at radius 1 is 1.29 bits per heavy atom. The Morgan fingerprint density at radius 2 is 1.90 bits per heavy atom. The third-order valence-electron chi connectivity index (χ3n) is 4.47. The molecule has 2 amide bonds. The molecule has 1 aliphatic carbocycles. The Kier molecular flexibility index (Phi) is 5.62. The fraction of sp³-hybridized carbons (Fsp3) is 0.588. The van der Waals surface area contributed by atoms with Crippen molar-refractivity contribution in [3.8, 4) is 0 Å². The van der Waals surface area contributed by atoms with E-state index in [9.17, 15) is 4.79 Å². The van der Waals surface area contributed by atoms with Gasteiger partial charge in [-0.25, -0.2) is 4.79 Å². The first-order valence-electron chi connectivity index (χ1n) is 7.82. The number of nitrogens with one attached hydrogen (secondary N) is 2. The van der Waals surface area contributed by atoms with Gasteiger partial charge in [0.2, 0.25) is 0 Å². The second-order valence-electron chi connectivity index (χ2n) is 6.18. The van der Waals surface area contributed by atoms with Crippen molar-refractivity contribution in [2.75, 3.05) is 13.2 Å². The van der Waals surface area contributed by atoms with Gasteiger partial charge in [0.25, 0.3) is 0 Å². The van der Waals surface area contributed by atoms with Gasteiger partial charge in [-0.05, 0) is 49.1 Å². The first-order chi connectivity index (χ1) is 10.1. The Bertz CT molecular complexity index is 451. The molecule has 0 bridgehead atoms. The summed E-state index contributed by atoms with van der Waals surface area (Å²) in [5.41, 5.74) is 2.91. The molecule has 2 rings (SSSR count). The van der Waals surface area contributed by atoms with E-state index in [1.807, 2.05) is 13.8 Å². The van der Waals surface area contributed by atoms with E-state index in [2.05, 4.69) is 34.9 Å². The molecule has 0 aliphatic heterocycles. The lowest BCUT2D eigenvalue weighted by molar-refractivity contribution is 0.200. The average Bonchev–Trinajstić information content (AvgIpc) is 2.88. The van der Waals surface area contributed by atoms with E-state index in [1.54, 1.807) is 0 Å². The van der Waals surface area contributed by atoms with Crippen LogP contribution in [0.3, 0.4) is 0 Å². The van der Waals surface area contributed by atoms with Crippen LogP contribution in [0.2, 0.25) is 0 Å². The summed E-state index contributed by atoms with van der Waals surface area (Å²) in [6, 6.07) is 8.43. The number of carbonyl (C=O) groups excluding carboxylic acids is 1. The quantitative estimate of drug-likeness (QED) is 0.751. The Balaban J connectivity index is 1.66. The molecule has 0 saturated carbocycles. The largest absolute Gasteiger partial charge is 0.396 e. The number of hydrogen-bond donors (Lipinski definition) is 3. The maximum atomic E-state index is 11.8. The van der Waals surface area contributed by atoms with Gasteiger partial charge in [-0.1, -0.05) is 31.2 Å².